The van der Waals surface area contributed by atoms with Gasteiger partial charge >= 0.3 is 0 Å². The van der Waals surface area contributed by atoms with Gasteiger partial charge in [-0.15, -0.1) is 0 Å². The number of hydrogen-bond acceptors (Lipinski definition) is 3. The Kier molecular flexibility index (Phi) is 6.82. The van der Waals surface area contributed by atoms with Crippen molar-refractivity contribution >= 4 is 0 Å². The monoisotopic (exact) mass is 236 g/mol. The first-order valence-corrected chi connectivity index (χ1v) is 6.48. The Morgan fingerprint density at radius 3 is 2.88 bits per heavy atom. The van der Waals surface area contributed by atoms with Crippen LogP contribution in [0.15, 0.2) is 24.5 Å². The van der Waals surface area contributed by atoms with Gasteiger partial charge in [0.15, 0.2) is 0 Å². The van der Waals surface area contributed by atoms with Crippen molar-refractivity contribution in [2.45, 2.75) is 33.2 Å². The van der Waals surface area contributed by atoms with Gasteiger partial charge in [0.1, 0.15) is 0 Å². The van der Waals surface area contributed by atoms with Gasteiger partial charge in [-0.25, -0.2) is 0 Å². The maximum atomic E-state index is 9.10. The van der Waals surface area contributed by atoms with E-state index >= 15 is 0 Å². The maximum Gasteiger partial charge on any atom is 0.0558 e. The molecular weight excluding hydrogens is 212 g/mol. The molecule has 96 valence electrons. The van der Waals surface area contributed by atoms with E-state index < -0.39 is 0 Å². The molecule has 1 heterocycles. The molecule has 0 spiro atoms. The molecule has 0 aliphatic rings. The Balaban J connectivity index is 2.48. The topological polar surface area (TPSA) is 36.4 Å². The molecule has 1 aromatic rings. The second-order valence-electron chi connectivity index (χ2n) is 4.71. The zero-order chi connectivity index (χ0) is 12.5. The van der Waals surface area contributed by atoms with Crippen LogP contribution in [0.3, 0.4) is 0 Å². The number of aliphatic hydroxyl groups excluding tert-OH is 1. The molecular formula is C14H24N2O. The molecule has 0 saturated carbocycles. The van der Waals surface area contributed by atoms with Crippen LogP contribution in [0, 0.1) is 5.92 Å². The van der Waals surface area contributed by atoms with Crippen LogP contribution in [0.5, 0.6) is 0 Å². The van der Waals surface area contributed by atoms with Crippen molar-refractivity contribution in [3.8, 4) is 0 Å². The Morgan fingerprint density at radius 2 is 2.29 bits per heavy atom. The molecule has 0 aliphatic heterocycles. The molecule has 3 heteroatoms. The third-order valence-corrected chi connectivity index (χ3v) is 2.90. The van der Waals surface area contributed by atoms with Crippen LogP contribution in [0.4, 0.5) is 0 Å². The third-order valence-electron chi connectivity index (χ3n) is 2.90. The van der Waals surface area contributed by atoms with E-state index in [9.17, 15) is 0 Å². The van der Waals surface area contributed by atoms with Crippen molar-refractivity contribution in [3.05, 3.63) is 30.1 Å². The van der Waals surface area contributed by atoms with Gasteiger partial charge in [-0.1, -0.05) is 26.3 Å². The van der Waals surface area contributed by atoms with E-state index in [0.29, 0.717) is 5.92 Å². The third kappa shape index (κ3) is 5.80. The molecule has 1 atom stereocenters. The quantitative estimate of drug-likeness (QED) is 0.752. The average Bonchev–Trinajstić information content (AvgIpc) is 2.31. The first-order chi connectivity index (χ1) is 8.26. The number of aromatic nitrogens is 1. The lowest BCUT2D eigenvalue weighted by molar-refractivity contribution is 0.169. The Bertz CT molecular complexity index is 290. The fraction of sp³-hybridized carbons (Fsp3) is 0.643. The molecule has 1 aromatic heterocycles. The molecule has 0 bridgehead atoms. The summed E-state index contributed by atoms with van der Waals surface area (Å²) < 4.78 is 0. The van der Waals surface area contributed by atoms with Crippen molar-refractivity contribution in [3.63, 3.8) is 0 Å². The summed E-state index contributed by atoms with van der Waals surface area (Å²) in [4.78, 5) is 6.43. The number of rotatable bonds is 8. The van der Waals surface area contributed by atoms with Gasteiger partial charge < -0.3 is 5.11 Å². The van der Waals surface area contributed by atoms with Crippen molar-refractivity contribution in [1.29, 1.82) is 0 Å². The normalized spacial score (nSPS) is 12.9. The molecule has 0 saturated heterocycles. The minimum Gasteiger partial charge on any atom is -0.395 e. The predicted octanol–water partition coefficient (Wildman–Crippen LogP) is 2.31. The number of hydrogen-bond donors (Lipinski definition) is 1. The average molecular weight is 236 g/mol. The summed E-state index contributed by atoms with van der Waals surface area (Å²) in [5.41, 5.74) is 1.21. The van der Waals surface area contributed by atoms with Crippen LogP contribution in [0.2, 0.25) is 0 Å². The summed E-state index contributed by atoms with van der Waals surface area (Å²) in [6.45, 7) is 7.37. The molecule has 0 radical (unpaired) electrons. The number of nitrogens with zero attached hydrogens (tertiary/aromatic N) is 2. The second kappa shape index (κ2) is 8.20. The van der Waals surface area contributed by atoms with E-state index in [4.69, 9.17) is 5.11 Å². The van der Waals surface area contributed by atoms with E-state index in [1.807, 2.05) is 12.3 Å². The molecule has 17 heavy (non-hydrogen) atoms. The standard InChI is InChI=1S/C14H24N2O/c1-3-5-13(2)11-16(8-9-17)12-14-6-4-7-15-10-14/h4,6-7,10,13,17H,3,5,8-9,11-12H2,1-2H3. The highest BCUT2D eigenvalue weighted by molar-refractivity contribution is 5.08. The molecule has 0 fully saturated rings. The lowest BCUT2D eigenvalue weighted by atomic mass is 10.1. The SMILES string of the molecule is CCCC(C)CN(CCO)Cc1cccnc1. The minimum absolute atomic E-state index is 0.221. The van der Waals surface area contributed by atoms with Crippen LogP contribution in [-0.4, -0.2) is 34.7 Å². The van der Waals surface area contributed by atoms with Gasteiger partial charge in [0.2, 0.25) is 0 Å². The first-order valence-electron chi connectivity index (χ1n) is 6.48. The highest BCUT2D eigenvalue weighted by Crippen LogP contribution is 2.10. The van der Waals surface area contributed by atoms with E-state index in [1.165, 1.54) is 18.4 Å². The molecule has 1 unspecified atom stereocenters. The zero-order valence-corrected chi connectivity index (χ0v) is 11.0. The first kappa shape index (κ1) is 14.1. The fourth-order valence-electron chi connectivity index (χ4n) is 2.15. The van der Waals surface area contributed by atoms with Gasteiger partial charge in [-0.2, -0.15) is 0 Å². The summed E-state index contributed by atoms with van der Waals surface area (Å²) in [5.74, 6) is 0.684. The smallest absolute Gasteiger partial charge is 0.0558 e. The maximum absolute atomic E-state index is 9.10. The van der Waals surface area contributed by atoms with Gasteiger partial charge in [0.25, 0.3) is 0 Å². The van der Waals surface area contributed by atoms with Gasteiger partial charge in [0.05, 0.1) is 6.61 Å². The van der Waals surface area contributed by atoms with Crippen LogP contribution >= 0.6 is 0 Å². The lowest BCUT2D eigenvalue weighted by Gasteiger charge is -2.24. The van der Waals surface area contributed by atoms with Crippen molar-refractivity contribution in [2.24, 2.45) is 5.92 Å². The molecule has 3 nitrogen and oxygen atoms in total. The highest BCUT2D eigenvalue weighted by atomic mass is 16.3. The van der Waals surface area contributed by atoms with E-state index in [1.54, 1.807) is 6.20 Å². The number of aliphatic hydroxyl groups is 1. The van der Waals surface area contributed by atoms with Crippen molar-refractivity contribution < 1.29 is 5.11 Å². The van der Waals surface area contributed by atoms with Crippen LogP contribution in [-0.2, 0) is 6.54 Å². The summed E-state index contributed by atoms with van der Waals surface area (Å²) in [5, 5.41) is 9.10. The Labute approximate surface area is 104 Å². The van der Waals surface area contributed by atoms with Crippen LogP contribution in [0.25, 0.3) is 0 Å². The van der Waals surface area contributed by atoms with Gasteiger partial charge in [-0.05, 0) is 24.0 Å². The molecule has 1 rings (SSSR count). The highest BCUT2D eigenvalue weighted by Gasteiger charge is 2.09. The van der Waals surface area contributed by atoms with E-state index in [0.717, 1.165) is 19.6 Å². The van der Waals surface area contributed by atoms with Crippen LogP contribution < -0.4 is 0 Å². The van der Waals surface area contributed by atoms with Crippen molar-refractivity contribution in [2.75, 3.05) is 19.7 Å². The van der Waals surface area contributed by atoms with Gasteiger partial charge in [-0.3, -0.25) is 9.88 Å². The van der Waals surface area contributed by atoms with E-state index in [-0.39, 0.29) is 6.61 Å². The second-order valence-corrected chi connectivity index (χ2v) is 4.71. The zero-order valence-electron chi connectivity index (χ0n) is 11.0. The summed E-state index contributed by atoms with van der Waals surface area (Å²) in [6.07, 6.45) is 6.16. The molecule has 1 N–H and O–H groups in total. The summed E-state index contributed by atoms with van der Waals surface area (Å²) >= 11 is 0. The number of pyridine rings is 1. The minimum atomic E-state index is 0.221. The summed E-state index contributed by atoms with van der Waals surface area (Å²) in [7, 11) is 0. The lowest BCUT2D eigenvalue weighted by Crippen LogP contribution is -2.31. The molecule has 0 aliphatic carbocycles. The van der Waals surface area contributed by atoms with Gasteiger partial charge in [0, 0.05) is 32.0 Å². The molecule has 0 aromatic carbocycles. The van der Waals surface area contributed by atoms with Crippen LogP contribution in [0.1, 0.15) is 32.3 Å². The van der Waals surface area contributed by atoms with Crippen molar-refractivity contribution in [1.82, 2.24) is 9.88 Å². The Morgan fingerprint density at radius 1 is 1.47 bits per heavy atom. The predicted molar refractivity (Wildman–Crippen MR) is 70.7 cm³/mol. The fourth-order valence-corrected chi connectivity index (χ4v) is 2.15. The Hall–Kier alpha value is -0.930. The largest absolute Gasteiger partial charge is 0.395 e. The summed E-state index contributed by atoms with van der Waals surface area (Å²) in [6, 6.07) is 4.05. The molecule has 0 amide bonds. The van der Waals surface area contributed by atoms with E-state index in [2.05, 4.69) is 29.8 Å².